The zero-order chi connectivity index (χ0) is 53.0. The maximum atomic E-state index is 5.31. The second-order valence-electron chi connectivity index (χ2n) is 17.3. The van der Waals surface area contributed by atoms with Gasteiger partial charge in [-0.3, -0.25) is 0 Å². The van der Waals surface area contributed by atoms with E-state index in [1.54, 1.807) is 107 Å². The molecule has 0 aliphatic rings. The molecule has 0 fully saturated rings. The maximum absolute atomic E-state index is 5.31. The highest BCUT2D eigenvalue weighted by atomic mass is 28.4. The van der Waals surface area contributed by atoms with Gasteiger partial charge in [-0.25, -0.2) is 0 Å². The lowest BCUT2D eigenvalue weighted by Crippen LogP contribution is -2.51. The van der Waals surface area contributed by atoms with Crippen LogP contribution < -0.4 is 0 Å². The van der Waals surface area contributed by atoms with Gasteiger partial charge < -0.3 is 84.1 Å². The van der Waals surface area contributed by atoms with Gasteiger partial charge in [0.05, 0.1) is 0 Å². The standard InChI is InChI=1S/2C8H20O3Si.2C7H18O3Si.C6H16O3Si.C4H12O4Si.12CH4/c1-8(2,3)7-12(9-4,10-5)11-6;1-8(2)6-7-12(9-3,10-4)11-5;1-7(2)6-11(8-3,9-4)10-5;1-7(2,3)11(8-4,9-5)10-6;1-6(2)10(7-3,8-4)9-5;1-5-9(6-2,7-3)8-4;;;;;;;;;;;;/h7H2,1-6H3;8H,6-7H2,1-5H3;7H,6H2,1-5H3;1-6H3;6H,1-5H3;1-4H3;12*1H4. The predicted molar refractivity (Wildman–Crippen MR) is 351 cm³/mol. The van der Waals surface area contributed by atoms with Gasteiger partial charge in [0.25, 0.3) is 0 Å². The van der Waals surface area contributed by atoms with Gasteiger partial charge in [0.1, 0.15) is 0 Å². The molecular weight excluding hydrogens is 1100 g/mol. The molecule has 0 bridgehead atoms. The molecule has 0 aliphatic heterocycles. The van der Waals surface area contributed by atoms with E-state index in [0.29, 0.717) is 17.4 Å². The monoisotopic (exact) mass is 1250 g/mol. The summed E-state index contributed by atoms with van der Waals surface area (Å²) in [4.78, 5) is 0. The normalized spacial score (nSPS) is 10.8. The van der Waals surface area contributed by atoms with Crippen LogP contribution in [-0.2, 0) is 84.1 Å². The molecule has 25 heteroatoms. The summed E-state index contributed by atoms with van der Waals surface area (Å²) < 4.78 is 98.4. The van der Waals surface area contributed by atoms with Gasteiger partial charge in [-0.05, 0) is 23.7 Å². The molecule has 0 atom stereocenters. The zero-order valence-corrected chi connectivity index (χ0v) is 53.3. The fourth-order valence-corrected chi connectivity index (χ4v) is 17.3. The van der Waals surface area contributed by atoms with E-state index in [0.717, 1.165) is 24.6 Å². The van der Waals surface area contributed by atoms with Crippen LogP contribution in [-0.4, -0.2) is 188 Å². The first kappa shape index (κ1) is 128. The molecule has 0 rings (SSSR count). The van der Waals surface area contributed by atoms with E-state index in [2.05, 4.69) is 69.2 Å². The summed E-state index contributed by atoms with van der Waals surface area (Å²) >= 11 is 0. The summed E-state index contributed by atoms with van der Waals surface area (Å²) in [5, 5.41) is -0.0642. The lowest BCUT2D eigenvalue weighted by Gasteiger charge is -2.35. The van der Waals surface area contributed by atoms with E-state index >= 15 is 0 Å². The van der Waals surface area contributed by atoms with Gasteiger partial charge >= 0.3 is 53.1 Å². The Morgan fingerprint density at radius 1 is 0.299 bits per heavy atom. The van der Waals surface area contributed by atoms with E-state index in [4.69, 9.17) is 84.1 Å². The van der Waals surface area contributed by atoms with Gasteiger partial charge in [-0.1, -0.05) is 172 Å². The highest BCUT2D eigenvalue weighted by Crippen LogP contribution is 2.37. The van der Waals surface area contributed by atoms with Crippen LogP contribution in [0, 0.1) is 17.3 Å². The molecule has 19 nitrogen and oxygen atoms in total. The molecule has 0 amide bonds. The van der Waals surface area contributed by atoms with Gasteiger partial charge in [0.2, 0.25) is 0 Å². The Kier molecular flexibility index (Phi) is 112. The number of hydrogen-bond acceptors (Lipinski definition) is 19. The highest BCUT2D eigenvalue weighted by Gasteiger charge is 2.51. The molecule has 0 aromatic heterocycles. The Morgan fingerprint density at radius 3 is 0.610 bits per heavy atom. The second kappa shape index (κ2) is 67.3. The summed E-state index contributed by atoms with van der Waals surface area (Å²) in [7, 11) is 16.2. The molecule has 0 aliphatic carbocycles. The van der Waals surface area contributed by atoms with Crippen LogP contribution in [0.15, 0.2) is 0 Å². The van der Waals surface area contributed by atoms with Crippen molar-refractivity contribution < 1.29 is 84.1 Å². The molecule has 0 saturated heterocycles. The third-order valence-corrected chi connectivity index (χ3v) is 27.4. The van der Waals surface area contributed by atoms with E-state index < -0.39 is 53.1 Å². The fraction of sp³-hybridized carbons (Fsp3) is 1.00. The van der Waals surface area contributed by atoms with Gasteiger partial charge in [0, 0.05) is 164 Å². The average Bonchev–Trinajstić information content (AvgIpc) is 3.28. The topological polar surface area (TPSA) is 175 Å². The van der Waals surface area contributed by atoms with Crippen molar-refractivity contribution in [3.8, 4) is 0 Å². The van der Waals surface area contributed by atoms with Crippen LogP contribution in [0.25, 0.3) is 0 Å². The van der Waals surface area contributed by atoms with Crippen LogP contribution in [0.4, 0.5) is 0 Å². The van der Waals surface area contributed by atoms with Crippen molar-refractivity contribution in [3.63, 3.8) is 0 Å². The molecule has 498 valence electrons. The molecule has 0 saturated carbocycles. The smallest absolute Gasteiger partial charge is 0.377 e. The molecule has 0 aromatic rings. The van der Waals surface area contributed by atoms with E-state index in [9.17, 15) is 0 Å². The molecule has 0 aromatic carbocycles. The minimum Gasteiger partial charge on any atom is -0.377 e. The van der Waals surface area contributed by atoms with Crippen molar-refractivity contribution in [2.24, 2.45) is 17.3 Å². The van der Waals surface area contributed by atoms with Crippen LogP contribution >= 0.6 is 0 Å². The lowest BCUT2D eigenvalue weighted by atomic mass is 10.0. The summed E-state index contributed by atoms with van der Waals surface area (Å²) in [5.74, 6) is 1.21. The average molecular weight is 1250 g/mol. The van der Waals surface area contributed by atoms with Gasteiger partial charge in [-0.2, -0.15) is 0 Å². The Morgan fingerprint density at radius 2 is 0.545 bits per heavy atom. The zero-order valence-electron chi connectivity index (χ0n) is 47.3. The molecule has 0 spiro atoms. The molecule has 0 unspecified atom stereocenters. The van der Waals surface area contributed by atoms with E-state index in [1.165, 1.54) is 28.4 Å². The minimum absolute atomic E-state index is 0. The SMILES string of the molecule is C.C.C.C.C.C.C.C.C.C.C.C.CO[Si](CC(C)(C)C)(OC)OC.CO[Si](CC(C)C)(OC)OC.CO[Si](CCC(C)C)(OC)OC.CO[Si](OC)(OC)C(C)(C)C.CO[Si](OC)(OC)C(C)C.CO[Si](OC)(OC)OC. The van der Waals surface area contributed by atoms with Crippen molar-refractivity contribution in [2.45, 2.75) is 207 Å². The van der Waals surface area contributed by atoms with Crippen LogP contribution in [0.5, 0.6) is 0 Å². The molecule has 0 radical (unpaired) electrons. The summed E-state index contributed by atoms with van der Waals surface area (Å²) in [5.41, 5.74) is 0.487. The largest absolute Gasteiger partial charge is 0.678 e. The van der Waals surface area contributed by atoms with E-state index in [-0.39, 0.29) is 99.6 Å². The predicted octanol–water partition coefficient (Wildman–Crippen LogP) is 15.9. The van der Waals surface area contributed by atoms with Crippen LogP contribution in [0.1, 0.15) is 179 Å². The minimum atomic E-state index is -2.69. The van der Waals surface area contributed by atoms with Crippen molar-refractivity contribution in [1.29, 1.82) is 0 Å². The molecule has 77 heavy (non-hydrogen) atoms. The molecule has 0 N–H and O–H groups in total. The van der Waals surface area contributed by atoms with Crippen molar-refractivity contribution in [2.75, 3.05) is 135 Å². The molecule has 0 heterocycles. The van der Waals surface area contributed by atoms with Crippen LogP contribution in [0.3, 0.4) is 0 Å². The number of hydrogen-bond donors (Lipinski definition) is 0. The third kappa shape index (κ3) is 53.0. The number of rotatable bonds is 26. The van der Waals surface area contributed by atoms with Crippen molar-refractivity contribution in [1.82, 2.24) is 0 Å². The summed E-state index contributed by atoms with van der Waals surface area (Å²) in [6.45, 7) is 25.3. The van der Waals surface area contributed by atoms with E-state index in [1.807, 2.05) is 13.8 Å². The first-order valence-electron chi connectivity index (χ1n) is 21.4. The highest BCUT2D eigenvalue weighted by molar-refractivity contribution is 6.64. The second-order valence-corrected chi connectivity index (χ2v) is 36.4. The summed E-state index contributed by atoms with van der Waals surface area (Å²) in [6.07, 6.45) is 1.09. The Labute approximate surface area is 494 Å². The van der Waals surface area contributed by atoms with Crippen LogP contribution in [0.2, 0.25) is 28.7 Å². The lowest BCUT2D eigenvalue weighted by molar-refractivity contribution is 0.0225. The van der Waals surface area contributed by atoms with Crippen molar-refractivity contribution >= 4 is 53.1 Å². The first-order chi connectivity index (χ1) is 29.9. The maximum Gasteiger partial charge on any atom is 0.678 e. The summed E-state index contributed by atoms with van der Waals surface area (Å²) in [6, 6.07) is 2.61. The Balaban J connectivity index is -0.0000000329. The Bertz CT molecular complexity index is 982. The first-order valence-corrected chi connectivity index (χ1v) is 32.3. The Hall–Kier alpha value is 0.541. The van der Waals surface area contributed by atoms with Gasteiger partial charge in [0.15, 0.2) is 0 Å². The quantitative estimate of drug-likeness (QED) is 0.0747. The van der Waals surface area contributed by atoms with Gasteiger partial charge in [-0.15, -0.1) is 0 Å². The van der Waals surface area contributed by atoms with Crippen molar-refractivity contribution in [3.05, 3.63) is 0 Å². The fourth-order valence-electron chi connectivity index (χ4n) is 5.76. The third-order valence-electron chi connectivity index (χ3n) is 9.52. The molecular formula is C52H152O19Si6.